The average Bonchev–Trinajstić information content (AvgIpc) is 3.00. The van der Waals surface area contributed by atoms with Gasteiger partial charge in [0, 0.05) is 23.5 Å². The first-order valence-corrected chi connectivity index (χ1v) is 7.49. The van der Waals surface area contributed by atoms with Crippen LogP contribution in [0.4, 0.5) is 5.95 Å². The number of H-pyrrole nitrogens is 1. The minimum absolute atomic E-state index is 0.106. The number of aromatic amines is 1. The maximum absolute atomic E-state index is 11.8. The highest BCUT2D eigenvalue weighted by atomic mass is 32.2. The second-order valence-corrected chi connectivity index (χ2v) is 5.83. The van der Waals surface area contributed by atoms with E-state index < -0.39 is 10.0 Å². The Balaban J connectivity index is 2.34. The van der Waals surface area contributed by atoms with Gasteiger partial charge in [0.05, 0.1) is 4.90 Å². The largest absolute Gasteiger partial charge is 0.368 e. The molecule has 3 rings (SSSR count). The maximum Gasteiger partial charge on any atom is 0.238 e. The molecule has 0 radical (unpaired) electrons. The molecule has 0 spiro atoms. The number of primary sulfonamides is 1. The van der Waals surface area contributed by atoms with Crippen molar-refractivity contribution in [2.75, 3.05) is 5.73 Å². The van der Waals surface area contributed by atoms with Gasteiger partial charge in [0.2, 0.25) is 16.0 Å². The number of aromatic nitrogens is 6. The van der Waals surface area contributed by atoms with Crippen LogP contribution < -0.4 is 10.9 Å². The summed E-state index contributed by atoms with van der Waals surface area (Å²) in [5.74, 6) is 0.269. The zero-order chi connectivity index (χ0) is 15.7. The summed E-state index contributed by atoms with van der Waals surface area (Å²) in [6.45, 7) is 0. The predicted octanol–water partition coefficient (Wildman–Crippen LogP) is -0.447. The number of nitrogen functional groups attached to an aromatic ring is 1. The van der Waals surface area contributed by atoms with Crippen LogP contribution in [0.5, 0.6) is 0 Å². The van der Waals surface area contributed by atoms with E-state index in [1.54, 1.807) is 12.1 Å². The Bertz CT molecular complexity index is 906. The summed E-state index contributed by atoms with van der Waals surface area (Å²) in [7, 11) is -3.98. The summed E-state index contributed by atoms with van der Waals surface area (Å²) in [5.41, 5.74) is 6.75. The number of hydrogen-bond acceptors (Lipinski definition) is 8. The standard InChI is InChI=1S/C11H10N8O2S/c12-11-14-4-6(5-15-11)7-2-1-3-8(22(13,20)21)9(7)10-16-18-19-17-10/h1-5H,(H2,12,14,15)(H2,13,20,21)(H,16,17,18,19). The number of anilines is 1. The third-order valence-electron chi connectivity index (χ3n) is 2.90. The number of sulfonamides is 1. The normalized spacial score (nSPS) is 11.5. The maximum atomic E-state index is 11.8. The van der Waals surface area contributed by atoms with Crippen LogP contribution in [0.2, 0.25) is 0 Å². The summed E-state index contributed by atoms with van der Waals surface area (Å²) in [4.78, 5) is 7.68. The highest BCUT2D eigenvalue weighted by Crippen LogP contribution is 2.34. The molecule has 11 heteroatoms. The molecule has 0 unspecified atom stereocenters. The summed E-state index contributed by atoms with van der Waals surface area (Å²) in [5, 5.41) is 18.5. The Morgan fingerprint density at radius 2 is 1.86 bits per heavy atom. The molecular weight excluding hydrogens is 308 g/mol. The number of rotatable bonds is 3. The molecule has 0 saturated carbocycles. The minimum Gasteiger partial charge on any atom is -0.368 e. The van der Waals surface area contributed by atoms with Crippen LogP contribution in [0.3, 0.4) is 0 Å². The van der Waals surface area contributed by atoms with Crippen molar-refractivity contribution in [1.29, 1.82) is 0 Å². The van der Waals surface area contributed by atoms with Crippen LogP contribution in [-0.4, -0.2) is 39.0 Å². The van der Waals surface area contributed by atoms with E-state index in [9.17, 15) is 8.42 Å². The summed E-state index contributed by atoms with van der Waals surface area (Å²) < 4.78 is 23.7. The topological polar surface area (TPSA) is 166 Å². The van der Waals surface area contributed by atoms with E-state index in [-0.39, 0.29) is 22.2 Å². The number of hydrogen-bond donors (Lipinski definition) is 3. The van der Waals surface area contributed by atoms with Gasteiger partial charge < -0.3 is 5.73 Å². The van der Waals surface area contributed by atoms with Crippen LogP contribution in [0, 0.1) is 0 Å². The molecule has 0 aliphatic rings. The fraction of sp³-hybridized carbons (Fsp3) is 0. The predicted molar refractivity (Wildman–Crippen MR) is 76.4 cm³/mol. The summed E-state index contributed by atoms with van der Waals surface area (Å²) in [6, 6.07) is 4.61. The molecule has 1 aromatic carbocycles. The van der Waals surface area contributed by atoms with E-state index in [4.69, 9.17) is 10.9 Å². The summed E-state index contributed by atoms with van der Waals surface area (Å²) >= 11 is 0. The van der Waals surface area contributed by atoms with Crippen LogP contribution in [-0.2, 0) is 10.0 Å². The van der Waals surface area contributed by atoms with Gasteiger partial charge in [0.25, 0.3) is 0 Å². The molecule has 0 aliphatic carbocycles. The number of nitrogens with one attached hydrogen (secondary N) is 1. The quantitative estimate of drug-likeness (QED) is 0.583. The SMILES string of the molecule is Nc1ncc(-c2cccc(S(N)(=O)=O)c2-c2nnn[nH]2)cn1. The van der Waals surface area contributed by atoms with E-state index in [0.717, 1.165) is 0 Å². The van der Waals surface area contributed by atoms with E-state index in [1.807, 2.05) is 0 Å². The zero-order valence-electron chi connectivity index (χ0n) is 11.0. The van der Waals surface area contributed by atoms with Gasteiger partial charge in [0.15, 0.2) is 5.82 Å². The van der Waals surface area contributed by atoms with Crippen molar-refractivity contribution in [2.24, 2.45) is 5.14 Å². The number of tetrazole rings is 1. The third kappa shape index (κ3) is 2.49. The highest BCUT2D eigenvalue weighted by Gasteiger charge is 2.22. The van der Waals surface area contributed by atoms with Crippen molar-refractivity contribution < 1.29 is 8.42 Å². The van der Waals surface area contributed by atoms with Gasteiger partial charge in [-0.05, 0) is 22.1 Å². The van der Waals surface area contributed by atoms with Gasteiger partial charge in [-0.1, -0.05) is 12.1 Å². The van der Waals surface area contributed by atoms with Crippen molar-refractivity contribution in [1.82, 2.24) is 30.6 Å². The van der Waals surface area contributed by atoms with Crippen molar-refractivity contribution in [3.63, 3.8) is 0 Å². The molecule has 10 nitrogen and oxygen atoms in total. The zero-order valence-corrected chi connectivity index (χ0v) is 11.8. The number of nitrogens with two attached hydrogens (primary N) is 2. The molecule has 3 aromatic rings. The van der Waals surface area contributed by atoms with Gasteiger partial charge in [-0.2, -0.15) is 0 Å². The van der Waals surface area contributed by atoms with E-state index in [2.05, 4.69) is 30.6 Å². The molecule has 0 aliphatic heterocycles. The van der Waals surface area contributed by atoms with E-state index in [1.165, 1.54) is 18.5 Å². The van der Waals surface area contributed by atoms with Crippen LogP contribution in [0.25, 0.3) is 22.5 Å². The van der Waals surface area contributed by atoms with Crippen LogP contribution in [0.1, 0.15) is 0 Å². The van der Waals surface area contributed by atoms with Gasteiger partial charge >= 0.3 is 0 Å². The Morgan fingerprint density at radius 3 is 2.45 bits per heavy atom. The van der Waals surface area contributed by atoms with Crippen LogP contribution in [0.15, 0.2) is 35.5 Å². The lowest BCUT2D eigenvalue weighted by Crippen LogP contribution is -2.14. The van der Waals surface area contributed by atoms with E-state index >= 15 is 0 Å². The molecule has 2 aromatic heterocycles. The monoisotopic (exact) mass is 318 g/mol. The van der Waals surface area contributed by atoms with Gasteiger partial charge in [-0.15, -0.1) is 5.10 Å². The Labute approximate surface area is 124 Å². The number of nitrogens with zero attached hydrogens (tertiary/aromatic N) is 5. The van der Waals surface area contributed by atoms with E-state index in [0.29, 0.717) is 11.1 Å². The summed E-state index contributed by atoms with van der Waals surface area (Å²) in [6.07, 6.45) is 2.94. The smallest absolute Gasteiger partial charge is 0.238 e. The first-order chi connectivity index (χ1) is 10.5. The van der Waals surface area contributed by atoms with Gasteiger partial charge in [0.1, 0.15) is 0 Å². The molecule has 5 N–H and O–H groups in total. The average molecular weight is 318 g/mol. The molecule has 0 atom stereocenters. The highest BCUT2D eigenvalue weighted by molar-refractivity contribution is 7.89. The first kappa shape index (κ1) is 14.0. The first-order valence-electron chi connectivity index (χ1n) is 5.94. The molecular formula is C11H10N8O2S. The minimum atomic E-state index is -3.98. The molecule has 2 heterocycles. The lowest BCUT2D eigenvalue weighted by atomic mass is 10.0. The van der Waals surface area contributed by atoms with Crippen molar-refractivity contribution in [2.45, 2.75) is 4.90 Å². The Morgan fingerprint density at radius 1 is 1.14 bits per heavy atom. The lowest BCUT2D eigenvalue weighted by molar-refractivity contribution is 0.598. The van der Waals surface area contributed by atoms with Crippen molar-refractivity contribution in [3.05, 3.63) is 30.6 Å². The van der Waals surface area contributed by atoms with Crippen molar-refractivity contribution in [3.8, 4) is 22.5 Å². The van der Waals surface area contributed by atoms with Gasteiger partial charge in [-0.25, -0.2) is 28.6 Å². The van der Waals surface area contributed by atoms with Crippen LogP contribution >= 0.6 is 0 Å². The second-order valence-electron chi connectivity index (χ2n) is 4.30. The fourth-order valence-corrected chi connectivity index (χ4v) is 2.75. The molecule has 0 amide bonds. The van der Waals surface area contributed by atoms with Gasteiger partial charge in [-0.3, -0.25) is 0 Å². The third-order valence-corrected chi connectivity index (χ3v) is 3.85. The lowest BCUT2D eigenvalue weighted by Gasteiger charge is -2.11. The molecule has 0 saturated heterocycles. The molecule has 112 valence electrons. The molecule has 0 fully saturated rings. The van der Waals surface area contributed by atoms with Crippen molar-refractivity contribution >= 4 is 16.0 Å². The number of benzene rings is 1. The Hall–Kier alpha value is -2.92. The molecule has 0 bridgehead atoms. The fourth-order valence-electron chi connectivity index (χ4n) is 2.00. The second kappa shape index (κ2) is 5.13. The Kier molecular flexibility index (Phi) is 3.27. The molecule has 22 heavy (non-hydrogen) atoms.